The lowest BCUT2D eigenvalue weighted by molar-refractivity contribution is 0.0660. The lowest BCUT2D eigenvalue weighted by Crippen LogP contribution is -2.26. The minimum atomic E-state index is -0.336. The van der Waals surface area contributed by atoms with Crippen LogP contribution in [0.5, 0.6) is 0 Å². The smallest absolute Gasteiger partial charge is 0.310 e. The topological polar surface area (TPSA) is 59.0 Å². The van der Waals surface area contributed by atoms with E-state index in [0.29, 0.717) is 12.2 Å². The second-order valence-electron chi connectivity index (χ2n) is 5.01. The molecule has 0 aromatic carbocycles. The Morgan fingerprint density at radius 3 is 2.87 bits per heavy atom. The minimum absolute atomic E-state index is 0.240. The highest BCUT2D eigenvalue weighted by molar-refractivity contribution is 7.12. The van der Waals surface area contributed by atoms with Gasteiger partial charge in [0.25, 0.3) is 0 Å². The molecule has 1 aliphatic rings. The second-order valence-corrected chi connectivity index (χ2v) is 6.33. The van der Waals surface area contributed by atoms with E-state index in [4.69, 9.17) is 20.4 Å². The fourth-order valence-corrected chi connectivity index (χ4v) is 3.40. The number of thiophene rings is 1. The number of hydrogen-bond acceptors (Lipinski definition) is 5. The zero-order chi connectivity index (χ0) is 15.8. The number of hydrogen-bond donors (Lipinski definition) is 0. The van der Waals surface area contributed by atoms with Crippen LogP contribution < -0.4 is 0 Å². The first-order chi connectivity index (χ1) is 11.2. The zero-order valence-corrected chi connectivity index (χ0v) is 13.4. The van der Waals surface area contributed by atoms with E-state index in [1.54, 1.807) is 35.6 Å². The Labute approximate surface area is 140 Å². The van der Waals surface area contributed by atoms with Crippen LogP contribution in [-0.4, -0.2) is 16.6 Å². The van der Waals surface area contributed by atoms with E-state index in [2.05, 4.69) is 5.10 Å². The van der Waals surface area contributed by atoms with Crippen molar-refractivity contribution in [3.63, 3.8) is 0 Å². The molecule has 0 N–H and O–H groups in total. The van der Waals surface area contributed by atoms with Crippen molar-refractivity contribution in [1.82, 2.24) is 5.01 Å². The van der Waals surface area contributed by atoms with Gasteiger partial charge in [-0.1, -0.05) is 6.07 Å². The van der Waals surface area contributed by atoms with Crippen LogP contribution in [0.25, 0.3) is 0 Å². The normalized spacial score (nSPS) is 17.5. The number of carbonyl (C=O) groups excluding carboxylic acids is 1. The Morgan fingerprint density at radius 1 is 1.30 bits per heavy atom. The molecule has 23 heavy (non-hydrogen) atoms. The van der Waals surface area contributed by atoms with E-state index in [1.165, 1.54) is 11.3 Å². The summed E-state index contributed by atoms with van der Waals surface area (Å²) in [4.78, 5) is 13.7. The summed E-state index contributed by atoms with van der Waals surface area (Å²) in [6.07, 6.45) is 2.03. The van der Waals surface area contributed by atoms with Crippen molar-refractivity contribution < 1.29 is 13.6 Å². The summed E-state index contributed by atoms with van der Waals surface area (Å²) < 4.78 is 10.7. The molecule has 116 valence electrons. The number of carbonyl (C=O) groups is 1. The monoisotopic (exact) mass is 346 g/mol. The Morgan fingerprint density at radius 2 is 2.22 bits per heavy atom. The fourth-order valence-electron chi connectivity index (χ4n) is 2.53. The summed E-state index contributed by atoms with van der Waals surface area (Å²) in [6.45, 7) is 0. The van der Waals surface area contributed by atoms with E-state index in [9.17, 15) is 4.79 Å². The van der Waals surface area contributed by atoms with E-state index in [1.807, 2.05) is 17.5 Å². The summed E-state index contributed by atoms with van der Waals surface area (Å²) in [7, 11) is 0. The van der Waals surface area contributed by atoms with Gasteiger partial charge in [0.1, 0.15) is 11.8 Å². The van der Waals surface area contributed by atoms with Crippen molar-refractivity contribution in [3.05, 3.63) is 69.7 Å². The van der Waals surface area contributed by atoms with Crippen LogP contribution in [0, 0.1) is 0 Å². The maximum Gasteiger partial charge on any atom is 0.310 e. The minimum Gasteiger partial charge on any atom is -0.459 e. The molecule has 0 aliphatic carbocycles. The first-order valence-corrected chi connectivity index (χ1v) is 8.22. The third-order valence-corrected chi connectivity index (χ3v) is 4.70. The Kier molecular flexibility index (Phi) is 3.55. The number of halogens is 1. The molecule has 5 nitrogen and oxygen atoms in total. The molecule has 0 unspecified atom stereocenters. The van der Waals surface area contributed by atoms with Crippen LogP contribution in [0.4, 0.5) is 0 Å². The van der Waals surface area contributed by atoms with Crippen LogP contribution in [0.3, 0.4) is 0 Å². The molecule has 7 heteroatoms. The number of amides is 1. The Hall–Kier alpha value is -2.31. The van der Waals surface area contributed by atoms with Gasteiger partial charge < -0.3 is 8.83 Å². The van der Waals surface area contributed by atoms with E-state index in [-0.39, 0.29) is 22.9 Å². The molecular formula is C16H11ClN2O3S. The van der Waals surface area contributed by atoms with Crippen molar-refractivity contribution in [3.8, 4) is 0 Å². The van der Waals surface area contributed by atoms with Crippen LogP contribution >= 0.6 is 22.9 Å². The van der Waals surface area contributed by atoms with Crippen LogP contribution in [0.2, 0.25) is 5.22 Å². The average Bonchev–Trinajstić information content (AvgIpc) is 3.31. The molecule has 0 saturated heterocycles. The molecule has 1 amide bonds. The van der Waals surface area contributed by atoms with Gasteiger partial charge in [-0.15, -0.1) is 11.3 Å². The maximum atomic E-state index is 12.7. The molecule has 0 spiro atoms. The van der Waals surface area contributed by atoms with Crippen LogP contribution in [0.1, 0.15) is 33.7 Å². The molecule has 4 heterocycles. The fraction of sp³-hybridized carbons (Fsp3) is 0.125. The molecule has 0 bridgehead atoms. The molecule has 4 rings (SSSR count). The largest absolute Gasteiger partial charge is 0.459 e. The SMILES string of the molecule is O=C(c1ccco1)N1N=C(c2cccs2)C[C@@H]1c1ccc(Cl)o1. The van der Waals surface area contributed by atoms with Crippen molar-refractivity contribution in [1.29, 1.82) is 0 Å². The molecule has 1 atom stereocenters. The van der Waals surface area contributed by atoms with Gasteiger partial charge in [-0.05, 0) is 47.3 Å². The average molecular weight is 347 g/mol. The molecular weight excluding hydrogens is 336 g/mol. The van der Waals surface area contributed by atoms with Gasteiger partial charge in [0.05, 0.1) is 16.9 Å². The molecule has 0 radical (unpaired) electrons. The molecule has 3 aromatic rings. The third-order valence-electron chi connectivity index (χ3n) is 3.58. The van der Waals surface area contributed by atoms with E-state index in [0.717, 1.165) is 10.6 Å². The van der Waals surface area contributed by atoms with Crippen molar-refractivity contribution in [2.45, 2.75) is 12.5 Å². The van der Waals surface area contributed by atoms with Gasteiger partial charge in [0, 0.05) is 6.42 Å². The summed E-state index contributed by atoms with van der Waals surface area (Å²) in [5, 5.41) is 8.17. The predicted octanol–water partition coefficient (Wildman–Crippen LogP) is 4.58. The number of furan rings is 2. The zero-order valence-electron chi connectivity index (χ0n) is 11.8. The summed E-state index contributed by atoms with van der Waals surface area (Å²) in [5.74, 6) is 0.535. The molecule has 0 saturated carbocycles. The highest BCUT2D eigenvalue weighted by Gasteiger charge is 2.36. The Balaban J connectivity index is 1.72. The van der Waals surface area contributed by atoms with E-state index >= 15 is 0 Å². The highest BCUT2D eigenvalue weighted by atomic mass is 35.5. The van der Waals surface area contributed by atoms with Crippen LogP contribution in [0.15, 0.2) is 62.0 Å². The standard InChI is InChI=1S/C16H11ClN2O3S/c17-15-6-5-12(22-15)11-9-10(14-4-2-8-23-14)18-19(11)16(20)13-3-1-7-21-13/h1-8,11H,9H2/t11-/m1/s1. The van der Waals surface area contributed by atoms with E-state index < -0.39 is 0 Å². The first kappa shape index (κ1) is 14.3. The number of rotatable bonds is 3. The van der Waals surface area contributed by atoms with Crippen molar-refractivity contribution in [2.24, 2.45) is 5.10 Å². The summed E-state index contributed by atoms with van der Waals surface area (Å²) in [5.41, 5.74) is 0.845. The van der Waals surface area contributed by atoms with Crippen molar-refractivity contribution in [2.75, 3.05) is 0 Å². The highest BCUT2D eigenvalue weighted by Crippen LogP contribution is 2.36. The second kappa shape index (κ2) is 5.72. The summed E-state index contributed by atoms with van der Waals surface area (Å²) >= 11 is 7.46. The molecule has 1 aliphatic heterocycles. The Bertz CT molecular complexity index is 852. The quantitative estimate of drug-likeness (QED) is 0.697. The molecule has 0 fully saturated rings. The summed E-state index contributed by atoms with van der Waals surface area (Å²) in [6, 6.07) is 10.3. The molecule has 3 aromatic heterocycles. The lowest BCUT2D eigenvalue weighted by atomic mass is 10.1. The number of hydrazone groups is 1. The van der Waals surface area contributed by atoms with Gasteiger partial charge in [0.15, 0.2) is 11.0 Å². The lowest BCUT2D eigenvalue weighted by Gasteiger charge is -2.18. The van der Waals surface area contributed by atoms with Gasteiger partial charge in [0.2, 0.25) is 0 Å². The van der Waals surface area contributed by atoms with Crippen LogP contribution in [-0.2, 0) is 0 Å². The van der Waals surface area contributed by atoms with Gasteiger partial charge in [-0.3, -0.25) is 4.79 Å². The third kappa shape index (κ3) is 2.60. The van der Waals surface area contributed by atoms with Gasteiger partial charge >= 0.3 is 5.91 Å². The van der Waals surface area contributed by atoms with Gasteiger partial charge in [-0.2, -0.15) is 5.10 Å². The first-order valence-electron chi connectivity index (χ1n) is 6.96. The van der Waals surface area contributed by atoms with Gasteiger partial charge in [-0.25, -0.2) is 5.01 Å². The maximum absolute atomic E-state index is 12.7. The van der Waals surface area contributed by atoms with Crippen molar-refractivity contribution >= 4 is 34.6 Å². The number of nitrogens with zero attached hydrogens (tertiary/aromatic N) is 2. The predicted molar refractivity (Wildman–Crippen MR) is 86.8 cm³/mol.